The van der Waals surface area contributed by atoms with E-state index in [-0.39, 0.29) is 39.2 Å². The molecule has 36 heavy (non-hydrogen) atoms. The second-order valence-electron chi connectivity index (χ2n) is 7.96. The number of H-pyrrole nitrogens is 1. The highest BCUT2D eigenvalue weighted by Crippen LogP contribution is 2.44. The molecule has 1 aliphatic heterocycles. The fourth-order valence-corrected chi connectivity index (χ4v) is 4.53. The Balaban J connectivity index is 1.78. The normalized spacial score (nSPS) is 17.1. The van der Waals surface area contributed by atoms with Gasteiger partial charge in [0.05, 0.1) is 41.4 Å². The number of carbonyl (C=O) groups excluding carboxylic acids is 2. The first-order valence-corrected chi connectivity index (χ1v) is 11.2. The van der Waals surface area contributed by atoms with E-state index >= 15 is 4.39 Å². The Labute approximate surface area is 209 Å². The van der Waals surface area contributed by atoms with Gasteiger partial charge < -0.3 is 19.6 Å². The summed E-state index contributed by atoms with van der Waals surface area (Å²) >= 11 is 6.27. The van der Waals surface area contributed by atoms with Crippen molar-refractivity contribution in [3.05, 3.63) is 88.2 Å². The van der Waals surface area contributed by atoms with Crippen LogP contribution in [0.4, 0.5) is 10.3 Å². The second-order valence-corrected chi connectivity index (χ2v) is 8.36. The highest BCUT2D eigenvalue weighted by atomic mass is 35.5. The lowest BCUT2D eigenvalue weighted by molar-refractivity contribution is -0.132. The molecule has 2 heterocycles. The van der Waals surface area contributed by atoms with Crippen LogP contribution in [0.2, 0.25) is 5.02 Å². The molecule has 8 nitrogen and oxygen atoms in total. The molecule has 5 rings (SSSR count). The number of imidazole rings is 1. The van der Waals surface area contributed by atoms with Crippen LogP contribution in [-0.2, 0) is 9.59 Å². The second kappa shape index (κ2) is 9.01. The summed E-state index contributed by atoms with van der Waals surface area (Å²) in [6, 6.07) is 14.2. The number of halogens is 2. The third-order valence-electron chi connectivity index (χ3n) is 5.98. The number of ether oxygens (including phenoxy) is 2. The predicted molar refractivity (Wildman–Crippen MR) is 132 cm³/mol. The summed E-state index contributed by atoms with van der Waals surface area (Å²) < 4.78 is 25.7. The number of fused-ring (bicyclic) bond motifs is 1. The number of hydrogen-bond acceptors (Lipinski definition) is 6. The first kappa shape index (κ1) is 23.4. The van der Waals surface area contributed by atoms with Crippen LogP contribution in [0.3, 0.4) is 0 Å². The molecule has 1 aromatic heterocycles. The number of anilines is 1. The van der Waals surface area contributed by atoms with Gasteiger partial charge in [-0.1, -0.05) is 41.9 Å². The zero-order valence-electron chi connectivity index (χ0n) is 19.1. The van der Waals surface area contributed by atoms with E-state index in [1.807, 2.05) is 0 Å². The molecular weight excluding hydrogens is 489 g/mol. The minimum atomic E-state index is -1.32. The number of para-hydroxylation sites is 2. The first-order chi connectivity index (χ1) is 17.3. The highest BCUT2D eigenvalue weighted by Gasteiger charge is 2.49. The fraction of sp³-hybridized carbons (Fsp3) is 0.115. The van der Waals surface area contributed by atoms with Gasteiger partial charge in [-0.15, -0.1) is 0 Å². The van der Waals surface area contributed by atoms with Gasteiger partial charge in [-0.05, 0) is 24.3 Å². The summed E-state index contributed by atoms with van der Waals surface area (Å²) in [5, 5.41) is 11.5. The molecule has 0 aliphatic carbocycles. The van der Waals surface area contributed by atoms with E-state index in [9.17, 15) is 14.7 Å². The van der Waals surface area contributed by atoms with Crippen molar-refractivity contribution < 1.29 is 28.6 Å². The van der Waals surface area contributed by atoms with Crippen LogP contribution in [-0.4, -0.2) is 41.0 Å². The van der Waals surface area contributed by atoms with Crippen molar-refractivity contribution in [2.45, 2.75) is 6.04 Å². The molecule has 0 spiro atoms. The number of methoxy groups -OCH3 is 2. The molecule has 1 atom stereocenters. The van der Waals surface area contributed by atoms with Crippen LogP contribution in [0.5, 0.6) is 11.5 Å². The van der Waals surface area contributed by atoms with E-state index in [1.54, 1.807) is 30.3 Å². The van der Waals surface area contributed by atoms with Crippen molar-refractivity contribution in [1.82, 2.24) is 9.97 Å². The Morgan fingerprint density at radius 2 is 1.75 bits per heavy atom. The molecule has 3 aromatic carbocycles. The molecule has 1 amide bonds. The minimum Gasteiger partial charge on any atom is -0.507 e. The summed E-state index contributed by atoms with van der Waals surface area (Å²) in [6.45, 7) is 0. The lowest BCUT2D eigenvalue weighted by Gasteiger charge is -2.23. The number of amides is 1. The van der Waals surface area contributed by atoms with Gasteiger partial charge in [-0.2, -0.15) is 0 Å². The maximum Gasteiger partial charge on any atom is 0.302 e. The number of aliphatic hydroxyl groups is 1. The molecule has 2 N–H and O–H groups in total. The van der Waals surface area contributed by atoms with Gasteiger partial charge in [0.15, 0.2) is 0 Å². The Bertz CT molecular complexity index is 1530. The number of ketones is 1. The fourth-order valence-electron chi connectivity index (χ4n) is 4.29. The lowest BCUT2D eigenvalue weighted by atomic mass is 9.94. The van der Waals surface area contributed by atoms with Crippen LogP contribution in [0.25, 0.3) is 16.8 Å². The Morgan fingerprint density at radius 3 is 2.44 bits per heavy atom. The van der Waals surface area contributed by atoms with Crippen LogP contribution in [0.15, 0.2) is 66.2 Å². The monoisotopic (exact) mass is 507 g/mol. The molecule has 0 saturated carbocycles. The zero-order chi connectivity index (χ0) is 25.6. The number of aliphatic hydroxyl groups excluding tert-OH is 1. The molecule has 0 bridgehead atoms. The number of rotatable bonds is 5. The molecule has 1 fully saturated rings. The molecule has 1 aliphatic rings. The minimum absolute atomic E-state index is 0.00252. The van der Waals surface area contributed by atoms with Gasteiger partial charge in [0.1, 0.15) is 29.1 Å². The van der Waals surface area contributed by atoms with E-state index in [4.69, 9.17) is 21.1 Å². The van der Waals surface area contributed by atoms with Crippen molar-refractivity contribution in [2.75, 3.05) is 19.1 Å². The molecule has 1 saturated heterocycles. The number of Topliss-reactive ketones (excluding diaryl/α,β-unsaturated/α-hetero) is 1. The van der Waals surface area contributed by atoms with Gasteiger partial charge in [0, 0.05) is 11.6 Å². The van der Waals surface area contributed by atoms with Crippen LogP contribution >= 0.6 is 11.6 Å². The smallest absolute Gasteiger partial charge is 0.302 e. The van der Waals surface area contributed by atoms with Gasteiger partial charge in [0.25, 0.3) is 5.78 Å². The number of hydrogen-bond donors (Lipinski definition) is 2. The average molecular weight is 508 g/mol. The maximum absolute atomic E-state index is 15.1. The van der Waals surface area contributed by atoms with Crippen LogP contribution < -0.4 is 14.4 Å². The molecule has 182 valence electrons. The third kappa shape index (κ3) is 3.64. The van der Waals surface area contributed by atoms with Crippen molar-refractivity contribution in [3.63, 3.8) is 0 Å². The van der Waals surface area contributed by atoms with Gasteiger partial charge >= 0.3 is 5.91 Å². The van der Waals surface area contributed by atoms with Gasteiger partial charge in [0.2, 0.25) is 5.95 Å². The molecule has 1 unspecified atom stereocenters. The van der Waals surface area contributed by atoms with Crippen molar-refractivity contribution >= 4 is 46.0 Å². The van der Waals surface area contributed by atoms with Crippen molar-refractivity contribution in [2.24, 2.45) is 0 Å². The number of nitrogens with one attached hydrogen (secondary N) is 1. The number of carbonyl (C=O) groups is 2. The Hall–Kier alpha value is -4.37. The lowest BCUT2D eigenvalue weighted by Crippen LogP contribution is -2.30. The summed E-state index contributed by atoms with van der Waals surface area (Å²) in [5.74, 6) is -2.81. The number of nitrogens with zero attached hydrogens (tertiary/aromatic N) is 2. The zero-order valence-corrected chi connectivity index (χ0v) is 19.8. The van der Waals surface area contributed by atoms with Gasteiger partial charge in [-0.3, -0.25) is 14.5 Å². The largest absolute Gasteiger partial charge is 0.507 e. The van der Waals surface area contributed by atoms with E-state index in [1.165, 1.54) is 44.6 Å². The number of aromatic nitrogens is 2. The SMILES string of the molecule is COc1cc(OC)c(/C(O)=C2\C(=O)C(=O)N(c3nc4ccccc4[nH]3)C2c2ccccc2F)cc1Cl. The summed E-state index contributed by atoms with van der Waals surface area (Å²) in [4.78, 5) is 35.1. The molecular formula is C26H19ClFN3O5. The van der Waals surface area contributed by atoms with E-state index in [2.05, 4.69) is 9.97 Å². The number of aromatic amines is 1. The van der Waals surface area contributed by atoms with Crippen LogP contribution in [0.1, 0.15) is 17.2 Å². The average Bonchev–Trinajstić information content (AvgIpc) is 3.42. The topological polar surface area (TPSA) is 105 Å². The quantitative estimate of drug-likeness (QED) is 0.224. The number of benzene rings is 3. The van der Waals surface area contributed by atoms with E-state index in [0.717, 1.165) is 4.90 Å². The maximum atomic E-state index is 15.1. The molecule has 4 aromatic rings. The molecule has 0 radical (unpaired) electrons. The Kier molecular flexibility index (Phi) is 5.85. The summed E-state index contributed by atoms with van der Waals surface area (Å²) in [7, 11) is 2.78. The van der Waals surface area contributed by atoms with E-state index < -0.39 is 29.3 Å². The third-order valence-corrected chi connectivity index (χ3v) is 6.27. The van der Waals surface area contributed by atoms with Crippen LogP contribution in [0, 0.1) is 5.82 Å². The molecule has 10 heteroatoms. The Morgan fingerprint density at radius 1 is 1.06 bits per heavy atom. The summed E-state index contributed by atoms with van der Waals surface area (Å²) in [6.07, 6.45) is 0. The van der Waals surface area contributed by atoms with Crippen molar-refractivity contribution in [3.8, 4) is 11.5 Å². The summed E-state index contributed by atoms with van der Waals surface area (Å²) in [5.41, 5.74) is 0.852. The highest BCUT2D eigenvalue weighted by molar-refractivity contribution is 6.51. The van der Waals surface area contributed by atoms with Crippen molar-refractivity contribution in [1.29, 1.82) is 0 Å². The van der Waals surface area contributed by atoms with Gasteiger partial charge in [-0.25, -0.2) is 9.37 Å². The standard InChI is InChI=1S/C26H19ClFN3O5/c1-35-19-12-20(36-2)15(27)11-14(19)23(32)21-22(13-7-3-4-8-16(13)28)31(25(34)24(21)33)26-29-17-9-5-6-10-18(17)30-26/h3-12,22,32H,1-2H3,(H,29,30)/b23-21+. The van der Waals surface area contributed by atoms with E-state index in [0.29, 0.717) is 11.0 Å². The first-order valence-electron chi connectivity index (χ1n) is 10.8. The predicted octanol–water partition coefficient (Wildman–Crippen LogP) is 5.00.